The van der Waals surface area contributed by atoms with E-state index in [-0.39, 0.29) is 17.3 Å². The molecule has 5 nitrogen and oxygen atoms in total. The smallest absolute Gasteiger partial charge is 0.230 e. The number of hydrogen-bond acceptors (Lipinski definition) is 4. The zero-order valence-corrected chi connectivity index (χ0v) is 17.8. The van der Waals surface area contributed by atoms with Gasteiger partial charge in [0, 0.05) is 11.6 Å². The van der Waals surface area contributed by atoms with E-state index < -0.39 is 0 Å². The molecule has 1 aromatic carbocycles. The van der Waals surface area contributed by atoms with Crippen molar-refractivity contribution in [3.8, 4) is 11.4 Å². The lowest BCUT2D eigenvalue weighted by Crippen LogP contribution is -2.60. The first-order valence-corrected chi connectivity index (χ1v) is 12.2. The van der Waals surface area contributed by atoms with Crippen LogP contribution in [0, 0.1) is 23.6 Å². The van der Waals surface area contributed by atoms with Gasteiger partial charge in [-0.3, -0.25) is 9.36 Å². The lowest BCUT2D eigenvalue weighted by molar-refractivity contribution is -0.124. The fourth-order valence-electron chi connectivity index (χ4n) is 6.59. The van der Waals surface area contributed by atoms with Crippen LogP contribution in [0.5, 0.6) is 0 Å². The molecule has 30 heavy (non-hydrogen) atoms. The van der Waals surface area contributed by atoms with Crippen molar-refractivity contribution in [3.63, 3.8) is 0 Å². The summed E-state index contributed by atoms with van der Waals surface area (Å²) >= 11 is 1.43. The van der Waals surface area contributed by atoms with Gasteiger partial charge in [-0.05, 0) is 81.3 Å². The Morgan fingerprint density at radius 3 is 2.40 bits per heavy atom. The summed E-state index contributed by atoms with van der Waals surface area (Å²) in [4.78, 5) is 12.9. The van der Waals surface area contributed by atoms with E-state index in [0.29, 0.717) is 23.2 Å². The second kappa shape index (κ2) is 7.08. The Kier molecular flexibility index (Phi) is 4.44. The van der Waals surface area contributed by atoms with Crippen molar-refractivity contribution in [1.82, 2.24) is 20.1 Å². The lowest BCUT2D eigenvalue weighted by atomic mass is 9.53. The third-order valence-electron chi connectivity index (χ3n) is 7.47. The molecule has 7 rings (SSSR count). The molecular formula is C23H27FN4OS. The third kappa shape index (κ3) is 3.35. The van der Waals surface area contributed by atoms with Crippen molar-refractivity contribution in [2.75, 3.05) is 5.75 Å². The fraction of sp³-hybridized carbons (Fsp3) is 0.609. The Hall–Kier alpha value is -1.89. The summed E-state index contributed by atoms with van der Waals surface area (Å²) in [6.07, 6.45) is 9.67. The monoisotopic (exact) mass is 426 g/mol. The van der Waals surface area contributed by atoms with Gasteiger partial charge in [-0.15, -0.1) is 10.2 Å². The molecule has 5 fully saturated rings. The predicted octanol–water partition coefficient (Wildman–Crippen LogP) is 4.60. The molecular weight excluding hydrogens is 399 g/mol. The number of halogens is 1. The molecule has 0 aliphatic heterocycles. The van der Waals surface area contributed by atoms with Crippen LogP contribution in [0.3, 0.4) is 0 Å². The second-order valence-electron chi connectivity index (χ2n) is 9.92. The summed E-state index contributed by atoms with van der Waals surface area (Å²) in [5.74, 6) is 3.15. The number of thioether (sulfide) groups is 1. The molecule has 2 aromatic rings. The Morgan fingerprint density at radius 2 is 1.77 bits per heavy atom. The summed E-state index contributed by atoms with van der Waals surface area (Å²) in [7, 11) is 0. The maximum absolute atomic E-state index is 14.3. The highest BCUT2D eigenvalue weighted by Crippen LogP contribution is 2.55. The van der Waals surface area contributed by atoms with Crippen LogP contribution >= 0.6 is 11.8 Å². The van der Waals surface area contributed by atoms with Gasteiger partial charge in [0.25, 0.3) is 0 Å². The van der Waals surface area contributed by atoms with Gasteiger partial charge < -0.3 is 5.32 Å². The topological polar surface area (TPSA) is 59.8 Å². The Bertz CT molecular complexity index is 950. The number of carbonyl (C=O) groups excluding carboxylic acids is 1. The molecule has 0 spiro atoms. The zero-order chi connectivity index (χ0) is 20.3. The number of amides is 1. The summed E-state index contributed by atoms with van der Waals surface area (Å²) in [5, 5.41) is 12.8. The highest BCUT2D eigenvalue weighted by molar-refractivity contribution is 7.99. The minimum atomic E-state index is -0.289. The number of rotatable bonds is 6. The molecule has 0 saturated heterocycles. The molecule has 1 aromatic heterocycles. The summed E-state index contributed by atoms with van der Waals surface area (Å²) in [6.45, 7) is 0. The van der Waals surface area contributed by atoms with Gasteiger partial charge in [0.05, 0.1) is 11.3 Å². The molecule has 1 N–H and O–H groups in total. The molecule has 5 aliphatic rings. The van der Waals surface area contributed by atoms with Crippen LogP contribution in [0.1, 0.15) is 57.4 Å². The van der Waals surface area contributed by atoms with Gasteiger partial charge in [-0.1, -0.05) is 23.9 Å². The number of nitrogens with one attached hydrogen (secondary N) is 1. The number of nitrogens with zero attached hydrogens (tertiary/aromatic N) is 3. The van der Waals surface area contributed by atoms with Gasteiger partial charge >= 0.3 is 0 Å². The molecule has 158 valence electrons. The number of carbonyl (C=O) groups is 1. The van der Waals surface area contributed by atoms with Crippen molar-refractivity contribution < 1.29 is 9.18 Å². The van der Waals surface area contributed by atoms with Gasteiger partial charge in [-0.25, -0.2) is 4.39 Å². The van der Waals surface area contributed by atoms with E-state index in [2.05, 4.69) is 15.5 Å². The summed E-state index contributed by atoms with van der Waals surface area (Å²) < 4.78 is 16.4. The van der Waals surface area contributed by atoms with Crippen LogP contribution in [-0.4, -0.2) is 32.0 Å². The minimum Gasteiger partial charge on any atom is -0.350 e. The van der Waals surface area contributed by atoms with E-state index in [1.54, 1.807) is 12.1 Å². The standard InChI is InChI=1S/C23H27FN4OS/c24-19-4-2-1-3-18(19)21-26-27-22(28(21)17-5-6-17)30-13-20(29)25-23-10-14-7-15(11-23)9-16(8-14)12-23/h1-4,14-17H,5-13H2,(H,25,29). The molecule has 0 atom stereocenters. The predicted molar refractivity (Wildman–Crippen MR) is 113 cm³/mol. The van der Waals surface area contributed by atoms with E-state index in [4.69, 9.17) is 0 Å². The van der Waals surface area contributed by atoms with Crippen LogP contribution in [0.25, 0.3) is 11.4 Å². The minimum absolute atomic E-state index is 0.0366. The number of aromatic nitrogens is 3. The average Bonchev–Trinajstić information content (AvgIpc) is 3.45. The Labute approximate surface area is 180 Å². The van der Waals surface area contributed by atoms with E-state index in [1.807, 2.05) is 10.6 Å². The molecule has 4 bridgehead atoms. The van der Waals surface area contributed by atoms with Gasteiger partial charge in [0.2, 0.25) is 5.91 Å². The van der Waals surface area contributed by atoms with Gasteiger partial charge in [0.15, 0.2) is 11.0 Å². The third-order valence-corrected chi connectivity index (χ3v) is 8.41. The van der Waals surface area contributed by atoms with Crippen molar-refractivity contribution in [3.05, 3.63) is 30.1 Å². The number of benzene rings is 1. The van der Waals surface area contributed by atoms with E-state index in [1.165, 1.54) is 37.1 Å². The van der Waals surface area contributed by atoms with Gasteiger partial charge in [0.1, 0.15) is 5.82 Å². The molecule has 1 amide bonds. The Balaban J connectivity index is 1.16. The quantitative estimate of drug-likeness (QED) is 0.686. The first-order chi connectivity index (χ1) is 14.6. The van der Waals surface area contributed by atoms with Gasteiger partial charge in [-0.2, -0.15) is 0 Å². The van der Waals surface area contributed by atoms with Crippen LogP contribution in [0.4, 0.5) is 4.39 Å². The van der Waals surface area contributed by atoms with E-state index >= 15 is 0 Å². The van der Waals surface area contributed by atoms with Crippen LogP contribution in [0.15, 0.2) is 29.4 Å². The summed E-state index contributed by atoms with van der Waals surface area (Å²) in [5.41, 5.74) is 0.510. The molecule has 0 unspecified atom stereocenters. The SMILES string of the molecule is O=C(CSc1nnc(-c2ccccc2F)n1C1CC1)NC12CC3CC(CC(C3)C1)C2. The highest BCUT2D eigenvalue weighted by atomic mass is 32.2. The molecule has 5 aliphatic carbocycles. The highest BCUT2D eigenvalue weighted by Gasteiger charge is 2.51. The first kappa shape index (κ1) is 18.8. The molecule has 5 saturated carbocycles. The average molecular weight is 427 g/mol. The van der Waals surface area contributed by atoms with Crippen LogP contribution < -0.4 is 5.32 Å². The fourth-order valence-corrected chi connectivity index (χ4v) is 7.39. The van der Waals surface area contributed by atoms with Crippen molar-refractivity contribution in [2.24, 2.45) is 17.8 Å². The maximum Gasteiger partial charge on any atom is 0.230 e. The van der Waals surface area contributed by atoms with Crippen LogP contribution in [-0.2, 0) is 4.79 Å². The molecule has 1 heterocycles. The lowest BCUT2D eigenvalue weighted by Gasteiger charge is -2.56. The normalized spacial score (nSPS) is 31.8. The number of hydrogen-bond donors (Lipinski definition) is 1. The summed E-state index contributed by atoms with van der Waals surface area (Å²) in [6, 6.07) is 7.00. The van der Waals surface area contributed by atoms with Crippen molar-refractivity contribution in [2.45, 2.75) is 68.1 Å². The maximum atomic E-state index is 14.3. The largest absolute Gasteiger partial charge is 0.350 e. The zero-order valence-electron chi connectivity index (χ0n) is 17.0. The van der Waals surface area contributed by atoms with E-state index in [9.17, 15) is 9.18 Å². The molecule has 7 heteroatoms. The van der Waals surface area contributed by atoms with Crippen LogP contribution in [0.2, 0.25) is 0 Å². The van der Waals surface area contributed by atoms with Crippen molar-refractivity contribution >= 4 is 17.7 Å². The van der Waals surface area contributed by atoms with E-state index in [0.717, 1.165) is 55.0 Å². The molecule has 0 radical (unpaired) electrons. The second-order valence-corrected chi connectivity index (χ2v) is 10.9. The van der Waals surface area contributed by atoms with Crippen molar-refractivity contribution in [1.29, 1.82) is 0 Å². The first-order valence-electron chi connectivity index (χ1n) is 11.2. The Morgan fingerprint density at radius 1 is 1.10 bits per heavy atom.